The van der Waals surface area contributed by atoms with Crippen molar-refractivity contribution in [3.8, 4) is 5.88 Å². The van der Waals surface area contributed by atoms with Crippen LogP contribution in [0.25, 0.3) is 0 Å². The van der Waals surface area contributed by atoms with Gasteiger partial charge in [-0.15, -0.1) is 0 Å². The lowest BCUT2D eigenvalue weighted by Gasteiger charge is -2.12. The predicted molar refractivity (Wildman–Crippen MR) is 98.2 cm³/mol. The molecule has 0 fully saturated rings. The molecule has 128 valence electrons. The first kappa shape index (κ1) is 17.8. The summed E-state index contributed by atoms with van der Waals surface area (Å²) in [6, 6.07) is 12.4. The molecule has 0 aliphatic rings. The molecule has 1 heterocycles. The monoisotopic (exact) mass is 326 g/mol. The molecule has 5 nitrogen and oxygen atoms in total. The summed E-state index contributed by atoms with van der Waals surface area (Å²) < 4.78 is 5.42. The molecule has 0 radical (unpaired) electrons. The third-order valence-electron chi connectivity index (χ3n) is 3.44. The van der Waals surface area contributed by atoms with Gasteiger partial charge < -0.3 is 15.4 Å². The largest absolute Gasteiger partial charge is 0.478 e. The van der Waals surface area contributed by atoms with Crippen molar-refractivity contribution in [2.45, 2.75) is 33.9 Å². The lowest BCUT2D eigenvalue weighted by molar-refractivity contribution is 0.326. The average Bonchev–Trinajstić information content (AvgIpc) is 2.59. The summed E-state index contributed by atoms with van der Waals surface area (Å²) in [4.78, 5) is 8.80. The van der Waals surface area contributed by atoms with Crippen LogP contribution in [0.1, 0.15) is 30.5 Å². The summed E-state index contributed by atoms with van der Waals surface area (Å²) in [5, 5.41) is 6.62. The summed E-state index contributed by atoms with van der Waals surface area (Å²) >= 11 is 0. The zero-order valence-electron chi connectivity index (χ0n) is 14.7. The van der Waals surface area contributed by atoms with Gasteiger partial charge in [-0.1, -0.05) is 29.8 Å². The second-order valence-electron chi connectivity index (χ2n) is 5.47. The molecule has 0 saturated heterocycles. The molecule has 1 aromatic heterocycles. The average molecular weight is 326 g/mol. The molecule has 2 aromatic rings. The number of aryl methyl sites for hydroxylation is 1. The Kier molecular flexibility index (Phi) is 7.08. The highest BCUT2D eigenvalue weighted by Crippen LogP contribution is 2.10. The standard InChI is InChI=1S/C19H26N4O/c1-4-20-19(22-13-16-8-6-15(3)7-9-16)23-14-17-10-11-21-18(12-17)24-5-2/h6-12H,4-5,13-14H2,1-3H3,(H2,20,22,23). The fraction of sp³-hybridized carbons (Fsp3) is 0.368. The first-order valence-corrected chi connectivity index (χ1v) is 8.36. The Bertz CT molecular complexity index is 653. The van der Waals surface area contributed by atoms with E-state index in [1.54, 1.807) is 6.20 Å². The second kappa shape index (κ2) is 9.55. The van der Waals surface area contributed by atoms with Gasteiger partial charge in [-0.25, -0.2) is 9.98 Å². The van der Waals surface area contributed by atoms with Crippen LogP contribution in [-0.2, 0) is 13.1 Å². The molecule has 2 rings (SSSR count). The minimum absolute atomic E-state index is 0.575. The molecule has 0 spiro atoms. The number of nitrogens with one attached hydrogen (secondary N) is 2. The molecule has 1 aromatic carbocycles. The minimum Gasteiger partial charge on any atom is -0.478 e. The maximum Gasteiger partial charge on any atom is 0.213 e. The van der Waals surface area contributed by atoms with Crippen molar-refractivity contribution >= 4 is 5.96 Å². The van der Waals surface area contributed by atoms with Crippen molar-refractivity contribution in [3.05, 3.63) is 59.3 Å². The van der Waals surface area contributed by atoms with E-state index in [1.807, 2.05) is 19.1 Å². The van der Waals surface area contributed by atoms with Gasteiger partial charge in [0, 0.05) is 25.4 Å². The molecule has 0 aliphatic heterocycles. The second-order valence-corrected chi connectivity index (χ2v) is 5.47. The van der Waals surface area contributed by atoms with Gasteiger partial charge in [-0.2, -0.15) is 0 Å². The van der Waals surface area contributed by atoms with Crippen LogP contribution in [0.2, 0.25) is 0 Å². The van der Waals surface area contributed by atoms with Crippen LogP contribution in [0, 0.1) is 6.92 Å². The van der Waals surface area contributed by atoms with E-state index in [-0.39, 0.29) is 0 Å². The van der Waals surface area contributed by atoms with E-state index in [0.29, 0.717) is 19.0 Å². The number of hydrogen-bond acceptors (Lipinski definition) is 3. The first-order valence-electron chi connectivity index (χ1n) is 8.36. The van der Waals surface area contributed by atoms with E-state index >= 15 is 0 Å². The SMILES string of the molecule is CCNC(=NCc1ccnc(OCC)c1)NCc1ccc(C)cc1. The molecule has 0 atom stereocenters. The van der Waals surface area contributed by atoms with Crippen molar-refractivity contribution in [2.75, 3.05) is 13.2 Å². The van der Waals surface area contributed by atoms with E-state index in [0.717, 1.165) is 24.6 Å². The van der Waals surface area contributed by atoms with Crippen LogP contribution in [0.15, 0.2) is 47.6 Å². The number of aliphatic imine (C=N–C) groups is 1. The summed E-state index contributed by atoms with van der Waals surface area (Å²) in [5.41, 5.74) is 3.57. The van der Waals surface area contributed by atoms with E-state index in [1.165, 1.54) is 11.1 Å². The normalized spacial score (nSPS) is 11.2. The van der Waals surface area contributed by atoms with Gasteiger partial charge in [0.15, 0.2) is 5.96 Å². The van der Waals surface area contributed by atoms with Gasteiger partial charge in [-0.05, 0) is 38.0 Å². The first-order chi connectivity index (χ1) is 11.7. The van der Waals surface area contributed by atoms with Crippen molar-refractivity contribution in [2.24, 2.45) is 4.99 Å². The summed E-state index contributed by atoms with van der Waals surface area (Å²) in [6.45, 7) is 8.85. The zero-order chi connectivity index (χ0) is 17.2. The minimum atomic E-state index is 0.575. The fourth-order valence-corrected chi connectivity index (χ4v) is 2.18. The van der Waals surface area contributed by atoms with Crippen LogP contribution < -0.4 is 15.4 Å². The molecule has 24 heavy (non-hydrogen) atoms. The van der Waals surface area contributed by atoms with Crippen LogP contribution in [0.3, 0.4) is 0 Å². The van der Waals surface area contributed by atoms with Crippen molar-refractivity contribution in [1.29, 1.82) is 0 Å². The van der Waals surface area contributed by atoms with Crippen LogP contribution >= 0.6 is 0 Å². The van der Waals surface area contributed by atoms with Crippen LogP contribution in [-0.4, -0.2) is 24.1 Å². The number of pyridine rings is 1. The smallest absolute Gasteiger partial charge is 0.213 e. The van der Waals surface area contributed by atoms with Gasteiger partial charge in [0.2, 0.25) is 5.88 Å². The van der Waals surface area contributed by atoms with E-state index in [9.17, 15) is 0 Å². The zero-order valence-corrected chi connectivity index (χ0v) is 14.7. The van der Waals surface area contributed by atoms with E-state index in [2.05, 4.69) is 58.7 Å². The quantitative estimate of drug-likeness (QED) is 0.606. The topological polar surface area (TPSA) is 58.5 Å². The molecule has 0 unspecified atom stereocenters. The predicted octanol–water partition coefficient (Wildman–Crippen LogP) is 3.04. The van der Waals surface area contributed by atoms with Crippen molar-refractivity contribution < 1.29 is 4.74 Å². The Morgan fingerprint density at radius 1 is 1.08 bits per heavy atom. The highest BCUT2D eigenvalue weighted by molar-refractivity contribution is 5.79. The Hall–Kier alpha value is -2.56. The summed E-state index contributed by atoms with van der Waals surface area (Å²) in [7, 11) is 0. The third-order valence-corrected chi connectivity index (χ3v) is 3.44. The summed E-state index contributed by atoms with van der Waals surface area (Å²) in [6.07, 6.45) is 1.75. The fourth-order valence-electron chi connectivity index (χ4n) is 2.18. The maximum atomic E-state index is 5.42. The highest BCUT2D eigenvalue weighted by Gasteiger charge is 2.00. The molecule has 0 amide bonds. The Balaban J connectivity index is 1.96. The van der Waals surface area contributed by atoms with Crippen LogP contribution in [0.4, 0.5) is 0 Å². The molecule has 0 bridgehead atoms. The van der Waals surface area contributed by atoms with Gasteiger partial charge in [-0.3, -0.25) is 0 Å². The van der Waals surface area contributed by atoms with Gasteiger partial charge in [0.05, 0.1) is 13.2 Å². The maximum absolute atomic E-state index is 5.42. The number of hydrogen-bond donors (Lipinski definition) is 2. The molecular formula is C19H26N4O. The van der Waals surface area contributed by atoms with E-state index in [4.69, 9.17) is 4.74 Å². The highest BCUT2D eigenvalue weighted by atomic mass is 16.5. The Morgan fingerprint density at radius 3 is 2.58 bits per heavy atom. The molecule has 0 aliphatic carbocycles. The Morgan fingerprint density at radius 2 is 1.88 bits per heavy atom. The van der Waals surface area contributed by atoms with Crippen molar-refractivity contribution in [3.63, 3.8) is 0 Å². The summed E-state index contributed by atoms with van der Waals surface area (Å²) in [5.74, 6) is 1.44. The van der Waals surface area contributed by atoms with Gasteiger partial charge in [0.1, 0.15) is 0 Å². The Labute approximate surface area is 144 Å². The number of rotatable bonds is 7. The van der Waals surface area contributed by atoms with Crippen molar-refractivity contribution in [1.82, 2.24) is 15.6 Å². The number of ether oxygens (including phenoxy) is 1. The molecule has 0 saturated carbocycles. The van der Waals surface area contributed by atoms with Gasteiger partial charge in [0.25, 0.3) is 0 Å². The lowest BCUT2D eigenvalue weighted by Crippen LogP contribution is -2.36. The molecule has 2 N–H and O–H groups in total. The number of nitrogens with zero attached hydrogens (tertiary/aromatic N) is 2. The van der Waals surface area contributed by atoms with E-state index < -0.39 is 0 Å². The number of guanidine groups is 1. The third kappa shape index (κ3) is 5.91. The lowest BCUT2D eigenvalue weighted by atomic mass is 10.1. The number of benzene rings is 1. The molecular weight excluding hydrogens is 300 g/mol. The van der Waals surface area contributed by atoms with Gasteiger partial charge >= 0.3 is 0 Å². The van der Waals surface area contributed by atoms with Crippen LogP contribution in [0.5, 0.6) is 5.88 Å². The number of aromatic nitrogens is 1. The molecule has 5 heteroatoms.